The van der Waals surface area contributed by atoms with Gasteiger partial charge in [-0.25, -0.2) is 0 Å². The number of Topliss-reactive ketones (excluding diaryl/α,β-unsaturated/α-hetero) is 1. The first kappa shape index (κ1) is 11.2. The second kappa shape index (κ2) is 5.15. The van der Waals surface area contributed by atoms with Crippen molar-refractivity contribution in [3.63, 3.8) is 0 Å². The third-order valence-corrected chi connectivity index (χ3v) is 2.26. The average molecular weight is 257 g/mol. The van der Waals surface area contributed by atoms with Crippen LogP contribution in [-0.4, -0.2) is 12.4 Å². The molecule has 0 N–H and O–H groups in total. The SMILES string of the molecule is CCOc1ccc(Br)cc1CC(C)=O. The molecule has 0 aromatic heterocycles. The molecule has 0 aliphatic rings. The van der Waals surface area contributed by atoms with Crippen LogP contribution in [0.4, 0.5) is 0 Å². The molecule has 0 atom stereocenters. The predicted octanol–water partition coefficient (Wildman–Crippen LogP) is 2.98. The molecule has 0 unspecified atom stereocenters. The number of ether oxygens (including phenoxy) is 1. The molecule has 0 fully saturated rings. The van der Waals surface area contributed by atoms with Gasteiger partial charge in [-0.05, 0) is 32.0 Å². The summed E-state index contributed by atoms with van der Waals surface area (Å²) in [6, 6.07) is 5.72. The van der Waals surface area contributed by atoms with E-state index in [0.29, 0.717) is 13.0 Å². The Labute approximate surface area is 92.4 Å². The Balaban J connectivity index is 2.96. The van der Waals surface area contributed by atoms with E-state index < -0.39 is 0 Å². The minimum atomic E-state index is 0.143. The second-order valence-corrected chi connectivity index (χ2v) is 3.98. The zero-order valence-electron chi connectivity index (χ0n) is 8.34. The highest BCUT2D eigenvalue weighted by molar-refractivity contribution is 9.10. The van der Waals surface area contributed by atoms with Crippen LogP contribution in [0.5, 0.6) is 5.75 Å². The number of carbonyl (C=O) groups excluding carboxylic acids is 1. The van der Waals surface area contributed by atoms with E-state index in [4.69, 9.17) is 4.74 Å². The number of ketones is 1. The van der Waals surface area contributed by atoms with Crippen LogP contribution in [-0.2, 0) is 11.2 Å². The molecule has 1 aromatic carbocycles. The molecule has 2 nitrogen and oxygen atoms in total. The van der Waals surface area contributed by atoms with Crippen LogP contribution in [0.3, 0.4) is 0 Å². The smallest absolute Gasteiger partial charge is 0.134 e. The zero-order valence-corrected chi connectivity index (χ0v) is 9.93. The fourth-order valence-corrected chi connectivity index (χ4v) is 1.66. The van der Waals surface area contributed by atoms with Crippen LogP contribution in [0.25, 0.3) is 0 Å². The maximum atomic E-state index is 11.0. The van der Waals surface area contributed by atoms with E-state index in [0.717, 1.165) is 15.8 Å². The number of carbonyl (C=O) groups is 1. The summed E-state index contributed by atoms with van der Waals surface area (Å²) in [6.45, 7) is 4.13. The first-order valence-corrected chi connectivity index (χ1v) is 5.33. The number of benzene rings is 1. The number of hydrogen-bond acceptors (Lipinski definition) is 2. The van der Waals surface area contributed by atoms with Gasteiger partial charge >= 0.3 is 0 Å². The van der Waals surface area contributed by atoms with Gasteiger partial charge in [0.15, 0.2) is 0 Å². The molecular formula is C11H13BrO2. The molecule has 0 amide bonds. The summed E-state index contributed by atoms with van der Waals surface area (Å²) in [7, 11) is 0. The highest BCUT2D eigenvalue weighted by Crippen LogP contribution is 2.23. The Morgan fingerprint density at radius 2 is 2.21 bits per heavy atom. The summed E-state index contributed by atoms with van der Waals surface area (Å²) >= 11 is 3.37. The minimum Gasteiger partial charge on any atom is -0.494 e. The number of halogens is 1. The molecule has 0 aliphatic heterocycles. The monoisotopic (exact) mass is 256 g/mol. The van der Waals surface area contributed by atoms with Crippen molar-refractivity contribution in [3.05, 3.63) is 28.2 Å². The lowest BCUT2D eigenvalue weighted by atomic mass is 10.1. The lowest BCUT2D eigenvalue weighted by molar-refractivity contribution is -0.116. The van der Waals surface area contributed by atoms with Gasteiger partial charge in [0.05, 0.1) is 6.61 Å². The maximum absolute atomic E-state index is 11.0. The van der Waals surface area contributed by atoms with E-state index in [1.54, 1.807) is 6.92 Å². The summed E-state index contributed by atoms with van der Waals surface area (Å²) in [5.41, 5.74) is 0.939. The molecule has 0 saturated carbocycles. The fraction of sp³-hybridized carbons (Fsp3) is 0.364. The zero-order chi connectivity index (χ0) is 10.6. The summed E-state index contributed by atoms with van der Waals surface area (Å²) in [5, 5.41) is 0. The lowest BCUT2D eigenvalue weighted by Crippen LogP contribution is -2.01. The van der Waals surface area contributed by atoms with E-state index in [-0.39, 0.29) is 5.78 Å². The van der Waals surface area contributed by atoms with Crippen molar-refractivity contribution >= 4 is 21.7 Å². The molecule has 0 heterocycles. The fourth-order valence-electron chi connectivity index (χ4n) is 1.25. The van der Waals surface area contributed by atoms with Crippen molar-refractivity contribution in [2.75, 3.05) is 6.61 Å². The molecule has 0 spiro atoms. The molecule has 0 bridgehead atoms. The van der Waals surface area contributed by atoms with Gasteiger partial charge in [-0.2, -0.15) is 0 Å². The standard InChI is InChI=1S/C11H13BrO2/c1-3-14-11-5-4-10(12)7-9(11)6-8(2)13/h4-5,7H,3,6H2,1-2H3. The summed E-state index contributed by atoms with van der Waals surface area (Å²) in [6.07, 6.45) is 0.425. The molecule has 76 valence electrons. The molecule has 0 radical (unpaired) electrons. The van der Waals surface area contributed by atoms with Gasteiger partial charge in [0.25, 0.3) is 0 Å². The van der Waals surface area contributed by atoms with Gasteiger partial charge in [0, 0.05) is 16.5 Å². The van der Waals surface area contributed by atoms with Crippen molar-refractivity contribution in [1.82, 2.24) is 0 Å². The van der Waals surface area contributed by atoms with Gasteiger partial charge < -0.3 is 4.74 Å². The van der Waals surface area contributed by atoms with Gasteiger partial charge in [0.2, 0.25) is 0 Å². The van der Waals surface area contributed by atoms with Crippen molar-refractivity contribution in [3.8, 4) is 5.75 Å². The van der Waals surface area contributed by atoms with Gasteiger partial charge in [-0.1, -0.05) is 15.9 Å². The topological polar surface area (TPSA) is 26.3 Å². The molecular weight excluding hydrogens is 244 g/mol. The quantitative estimate of drug-likeness (QED) is 0.828. The van der Waals surface area contributed by atoms with Crippen molar-refractivity contribution in [2.45, 2.75) is 20.3 Å². The van der Waals surface area contributed by atoms with E-state index >= 15 is 0 Å². The van der Waals surface area contributed by atoms with Gasteiger partial charge in [-0.3, -0.25) is 4.79 Å². The van der Waals surface area contributed by atoms with Crippen molar-refractivity contribution < 1.29 is 9.53 Å². The number of hydrogen-bond donors (Lipinski definition) is 0. The third-order valence-electron chi connectivity index (χ3n) is 1.76. The van der Waals surface area contributed by atoms with Gasteiger partial charge in [0.1, 0.15) is 11.5 Å². The predicted molar refractivity (Wildman–Crippen MR) is 59.7 cm³/mol. The Hall–Kier alpha value is -0.830. The Bertz CT molecular complexity index is 334. The highest BCUT2D eigenvalue weighted by atomic mass is 79.9. The Morgan fingerprint density at radius 1 is 1.50 bits per heavy atom. The number of rotatable bonds is 4. The molecule has 0 aliphatic carbocycles. The summed E-state index contributed by atoms with van der Waals surface area (Å²) < 4.78 is 6.39. The average Bonchev–Trinajstić information content (AvgIpc) is 2.09. The lowest BCUT2D eigenvalue weighted by Gasteiger charge is -2.09. The highest BCUT2D eigenvalue weighted by Gasteiger charge is 2.06. The first-order valence-electron chi connectivity index (χ1n) is 4.54. The minimum absolute atomic E-state index is 0.143. The van der Waals surface area contributed by atoms with E-state index in [1.165, 1.54) is 0 Å². The molecule has 1 rings (SSSR count). The molecule has 1 aromatic rings. The normalized spacial score (nSPS) is 9.93. The Morgan fingerprint density at radius 3 is 2.79 bits per heavy atom. The summed E-state index contributed by atoms with van der Waals surface area (Å²) in [4.78, 5) is 11.0. The van der Waals surface area contributed by atoms with E-state index in [2.05, 4.69) is 15.9 Å². The third kappa shape index (κ3) is 3.14. The van der Waals surface area contributed by atoms with Crippen LogP contribution >= 0.6 is 15.9 Å². The molecule has 0 saturated heterocycles. The van der Waals surface area contributed by atoms with E-state index in [9.17, 15) is 4.79 Å². The largest absolute Gasteiger partial charge is 0.494 e. The van der Waals surface area contributed by atoms with Crippen LogP contribution in [0.15, 0.2) is 22.7 Å². The van der Waals surface area contributed by atoms with Crippen LogP contribution < -0.4 is 4.74 Å². The van der Waals surface area contributed by atoms with Gasteiger partial charge in [-0.15, -0.1) is 0 Å². The van der Waals surface area contributed by atoms with Crippen LogP contribution in [0, 0.1) is 0 Å². The molecule has 14 heavy (non-hydrogen) atoms. The van der Waals surface area contributed by atoms with Crippen molar-refractivity contribution in [2.24, 2.45) is 0 Å². The Kier molecular flexibility index (Phi) is 4.14. The second-order valence-electron chi connectivity index (χ2n) is 3.06. The maximum Gasteiger partial charge on any atom is 0.134 e. The van der Waals surface area contributed by atoms with Crippen molar-refractivity contribution in [1.29, 1.82) is 0 Å². The molecule has 3 heteroatoms. The van der Waals surface area contributed by atoms with Crippen LogP contribution in [0.2, 0.25) is 0 Å². The van der Waals surface area contributed by atoms with E-state index in [1.807, 2.05) is 25.1 Å². The summed E-state index contributed by atoms with van der Waals surface area (Å²) in [5.74, 6) is 0.940. The first-order chi connectivity index (χ1) is 6.63. The van der Waals surface area contributed by atoms with Crippen LogP contribution in [0.1, 0.15) is 19.4 Å².